The van der Waals surface area contributed by atoms with Gasteiger partial charge in [-0.1, -0.05) is 6.07 Å². The zero-order valence-electron chi connectivity index (χ0n) is 12.9. The van der Waals surface area contributed by atoms with Crippen molar-refractivity contribution in [3.8, 4) is 0 Å². The first-order valence-corrected chi connectivity index (χ1v) is 8.57. The lowest BCUT2D eigenvalue weighted by atomic mass is 10.1. The van der Waals surface area contributed by atoms with Gasteiger partial charge in [-0.25, -0.2) is 8.42 Å². The highest BCUT2D eigenvalue weighted by molar-refractivity contribution is 7.92. The highest BCUT2D eigenvalue weighted by Crippen LogP contribution is 2.16. The van der Waals surface area contributed by atoms with E-state index in [1.807, 2.05) is 20.8 Å². The van der Waals surface area contributed by atoms with Crippen LogP contribution in [0.5, 0.6) is 0 Å². The Morgan fingerprint density at radius 3 is 2.38 bits per heavy atom. The first-order chi connectivity index (χ1) is 9.55. The van der Waals surface area contributed by atoms with Crippen molar-refractivity contribution in [2.24, 2.45) is 0 Å². The summed E-state index contributed by atoms with van der Waals surface area (Å²) in [5.74, 6) is -0.122. The number of rotatable bonds is 6. The van der Waals surface area contributed by atoms with Crippen LogP contribution in [-0.4, -0.2) is 32.7 Å². The number of carbonyl (C=O) groups excluding carboxylic acids is 1. The monoisotopic (exact) mass is 313 g/mol. The average Bonchev–Trinajstić information content (AvgIpc) is 2.24. The highest BCUT2D eigenvalue weighted by atomic mass is 32.2. The molecule has 0 atom stereocenters. The molecule has 118 valence electrons. The lowest BCUT2D eigenvalue weighted by Crippen LogP contribution is -2.37. The maximum Gasteiger partial charge on any atom is 0.229 e. The fraction of sp³-hybridized carbons (Fsp3) is 0.500. The van der Waals surface area contributed by atoms with Gasteiger partial charge in [0.25, 0.3) is 0 Å². The summed E-state index contributed by atoms with van der Waals surface area (Å²) in [6.07, 6.45) is 1.43. The summed E-state index contributed by atoms with van der Waals surface area (Å²) in [7, 11) is -3.33. The summed E-state index contributed by atoms with van der Waals surface area (Å²) in [5.41, 5.74) is 0.951. The van der Waals surface area contributed by atoms with E-state index < -0.39 is 10.0 Å². The third-order valence-electron chi connectivity index (χ3n) is 2.46. The van der Waals surface area contributed by atoms with E-state index in [0.717, 1.165) is 6.26 Å². The topological polar surface area (TPSA) is 87.3 Å². The van der Waals surface area contributed by atoms with Gasteiger partial charge in [0.15, 0.2) is 0 Å². The van der Waals surface area contributed by atoms with Crippen LogP contribution in [0.4, 0.5) is 11.4 Å². The second-order valence-electron chi connectivity index (χ2n) is 5.93. The summed E-state index contributed by atoms with van der Waals surface area (Å²) in [4.78, 5) is 11.8. The van der Waals surface area contributed by atoms with Gasteiger partial charge in [0.1, 0.15) is 0 Å². The minimum Gasteiger partial charge on any atom is -0.326 e. The Balaban J connectivity index is 2.55. The molecule has 3 N–H and O–H groups in total. The molecule has 1 aromatic rings. The van der Waals surface area contributed by atoms with Crippen molar-refractivity contribution in [3.05, 3.63) is 24.3 Å². The molecular weight excluding hydrogens is 290 g/mol. The number of benzene rings is 1. The van der Waals surface area contributed by atoms with Gasteiger partial charge >= 0.3 is 0 Å². The quantitative estimate of drug-likeness (QED) is 0.747. The van der Waals surface area contributed by atoms with Crippen molar-refractivity contribution in [3.63, 3.8) is 0 Å². The SMILES string of the molecule is CC(C)(C)NCCC(=O)Nc1cccc(NS(C)(=O)=O)c1. The molecule has 0 saturated heterocycles. The summed E-state index contributed by atoms with van der Waals surface area (Å²) in [6, 6.07) is 6.59. The smallest absolute Gasteiger partial charge is 0.229 e. The van der Waals surface area contributed by atoms with Crippen molar-refractivity contribution in [2.75, 3.05) is 22.8 Å². The number of amides is 1. The third-order valence-corrected chi connectivity index (χ3v) is 3.06. The molecule has 0 saturated carbocycles. The van der Waals surface area contributed by atoms with Crippen LogP contribution >= 0.6 is 0 Å². The maximum absolute atomic E-state index is 11.8. The van der Waals surface area contributed by atoms with Crippen LogP contribution in [0.2, 0.25) is 0 Å². The summed E-state index contributed by atoms with van der Waals surface area (Å²) in [5, 5.41) is 5.97. The molecule has 1 aromatic carbocycles. The Bertz CT molecular complexity index is 592. The van der Waals surface area contributed by atoms with Crippen LogP contribution < -0.4 is 15.4 Å². The molecule has 0 spiro atoms. The van der Waals surface area contributed by atoms with Gasteiger partial charge in [-0.2, -0.15) is 0 Å². The summed E-state index contributed by atoms with van der Waals surface area (Å²) < 4.78 is 24.7. The second-order valence-corrected chi connectivity index (χ2v) is 7.68. The Hall–Kier alpha value is -1.60. The van der Waals surface area contributed by atoms with Crippen LogP contribution in [-0.2, 0) is 14.8 Å². The van der Waals surface area contributed by atoms with Crippen LogP contribution in [0.15, 0.2) is 24.3 Å². The van der Waals surface area contributed by atoms with Gasteiger partial charge < -0.3 is 10.6 Å². The predicted octanol–water partition coefficient (Wildman–Crippen LogP) is 1.77. The molecule has 6 nitrogen and oxygen atoms in total. The van der Waals surface area contributed by atoms with E-state index in [2.05, 4.69) is 15.4 Å². The molecule has 1 rings (SSSR count). The molecule has 7 heteroatoms. The Morgan fingerprint density at radius 2 is 1.81 bits per heavy atom. The van der Waals surface area contributed by atoms with Gasteiger partial charge in [0, 0.05) is 24.2 Å². The van der Waals surface area contributed by atoms with E-state index in [1.54, 1.807) is 24.3 Å². The Kier molecular flexibility index (Phi) is 5.74. The van der Waals surface area contributed by atoms with E-state index >= 15 is 0 Å². The number of hydrogen-bond acceptors (Lipinski definition) is 4. The van der Waals surface area contributed by atoms with Crippen LogP contribution in [0.1, 0.15) is 27.2 Å². The minimum atomic E-state index is -3.33. The normalized spacial score (nSPS) is 12.0. The van der Waals surface area contributed by atoms with Crippen molar-refractivity contribution in [1.82, 2.24) is 5.32 Å². The molecule has 0 aliphatic rings. The minimum absolute atomic E-state index is 0.0282. The fourth-order valence-electron chi connectivity index (χ4n) is 1.65. The van der Waals surface area contributed by atoms with Gasteiger partial charge in [-0.3, -0.25) is 9.52 Å². The molecule has 0 aromatic heterocycles. The summed E-state index contributed by atoms with van der Waals surface area (Å²) in [6.45, 7) is 6.68. The van der Waals surface area contributed by atoms with E-state index in [1.165, 1.54) is 0 Å². The molecular formula is C14H23N3O3S. The molecule has 1 amide bonds. The zero-order valence-corrected chi connectivity index (χ0v) is 13.7. The van der Waals surface area contributed by atoms with Crippen molar-refractivity contribution < 1.29 is 13.2 Å². The fourth-order valence-corrected chi connectivity index (χ4v) is 2.20. The van der Waals surface area contributed by atoms with Gasteiger partial charge in [0.05, 0.1) is 11.9 Å². The van der Waals surface area contributed by atoms with E-state index in [4.69, 9.17) is 0 Å². The predicted molar refractivity (Wildman–Crippen MR) is 85.9 cm³/mol. The molecule has 0 aliphatic carbocycles. The zero-order chi connectivity index (χ0) is 16.1. The van der Waals surface area contributed by atoms with Gasteiger partial charge in [-0.05, 0) is 39.0 Å². The molecule has 0 heterocycles. The molecule has 0 fully saturated rings. The van der Waals surface area contributed by atoms with Crippen LogP contribution in [0.3, 0.4) is 0 Å². The van der Waals surface area contributed by atoms with Crippen LogP contribution in [0.25, 0.3) is 0 Å². The number of nitrogens with one attached hydrogen (secondary N) is 3. The number of sulfonamides is 1. The van der Waals surface area contributed by atoms with Gasteiger partial charge in [-0.15, -0.1) is 0 Å². The Labute approximate surface area is 126 Å². The van der Waals surface area contributed by atoms with Crippen molar-refractivity contribution in [1.29, 1.82) is 0 Å². The van der Waals surface area contributed by atoms with E-state index in [-0.39, 0.29) is 11.4 Å². The third kappa shape index (κ3) is 8.31. The van der Waals surface area contributed by atoms with E-state index in [9.17, 15) is 13.2 Å². The Morgan fingerprint density at radius 1 is 1.19 bits per heavy atom. The van der Waals surface area contributed by atoms with Gasteiger partial charge in [0.2, 0.25) is 15.9 Å². The first kappa shape index (κ1) is 17.5. The first-order valence-electron chi connectivity index (χ1n) is 6.68. The van der Waals surface area contributed by atoms with Crippen LogP contribution in [0, 0.1) is 0 Å². The number of anilines is 2. The van der Waals surface area contributed by atoms with Crippen molar-refractivity contribution in [2.45, 2.75) is 32.7 Å². The molecule has 0 unspecified atom stereocenters. The summed E-state index contributed by atoms with van der Waals surface area (Å²) >= 11 is 0. The molecule has 0 radical (unpaired) electrons. The second kappa shape index (κ2) is 6.91. The lowest BCUT2D eigenvalue weighted by molar-refractivity contribution is -0.116. The van der Waals surface area contributed by atoms with Crippen molar-refractivity contribution >= 4 is 27.3 Å². The lowest BCUT2D eigenvalue weighted by Gasteiger charge is -2.20. The standard InChI is InChI=1S/C14H23N3O3S/c1-14(2,3)15-9-8-13(18)16-11-6-5-7-12(10-11)17-21(4,19)20/h5-7,10,15,17H,8-9H2,1-4H3,(H,16,18). The average molecular weight is 313 g/mol. The molecule has 0 bridgehead atoms. The molecule has 0 aliphatic heterocycles. The molecule has 21 heavy (non-hydrogen) atoms. The largest absolute Gasteiger partial charge is 0.326 e. The van der Waals surface area contributed by atoms with E-state index in [0.29, 0.717) is 24.3 Å². The maximum atomic E-state index is 11.8. The number of carbonyl (C=O) groups is 1. The number of hydrogen-bond donors (Lipinski definition) is 3. The highest BCUT2D eigenvalue weighted by Gasteiger charge is 2.10.